The van der Waals surface area contributed by atoms with Crippen LogP contribution in [0.15, 0.2) is 94.9 Å². The lowest BCUT2D eigenvalue weighted by Crippen LogP contribution is -1.92. The minimum Gasteiger partial charge on any atom is -0.504 e. The van der Waals surface area contributed by atoms with Crippen LogP contribution in [0.2, 0.25) is 0 Å². The molecule has 0 aliphatic carbocycles. The summed E-state index contributed by atoms with van der Waals surface area (Å²) >= 11 is 0. The highest BCUT2D eigenvalue weighted by Gasteiger charge is 2.12. The van der Waals surface area contributed by atoms with E-state index in [-0.39, 0.29) is 12.5 Å². The van der Waals surface area contributed by atoms with E-state index in [1.807, 2.05) is 72.9 Å². The SMILES string of the molecule is COc1cc(C=Nc2ccc(-c3ccc(N=Cc4ccc5c(c4)OCO5)cc3)cc2)ccc1O. The lowest BCUT2D eigenvalue weighted by Gasteiger charge is -2.04. The number of nitrogens with zero attached hydrogens (tertiary/aromatic N) is 2. The number of benzene rings is 4. The Kier molecular flexibility index (Phi) is 5.95. The monoisotopic (exact) mass is 450 g/mol. The third-order valence-electron chi connectivity index (χ3n) is 5.39. The second kappa shape index (κ2) is 9.50. The highest BCUT2D eigenvalue weighted by molar-refractivity contribution is 5.84. The molecule has 0 aromatic heterocycles. The summed E-state index contributed by atoms with van der Waals surface area (Å²) in [5, 5.41) is 9.70. The van der Waals surface area contributed by atoms with Crippen LogP contribution < -0.4 is 14.2 Å². The summed E-state index contributed by atoms with van der Waals surface area (Å²) in [4.78, 5) is 9.06. The predicted octanol–water partition coefficient (Wildman–Crippen LogP) is 6.30. The van der Waals surface area contributed by atoms with Crippen LogP contribution >= 0.6 is 0 Å². The number of aromatic hydroxyl groups is 1. The third kappa shape index (κ3) is 4.76. The van der Waals surface area contributed by atoms with E-state index in [1.54, 1.807) is 24.4 Å². The molecule has 0 saturated heterocycles. The first-order valence-electron chi connectivity index (χ1n) is 10.7. The van der Waals surface area contributed by atoms with Crippen molar-refractivity contribution in [1.82, 2.24) is 0 Å². The lowest BCUT2D eigenvalue weighted by molar-refractivity contribution is 0.174. The molecule has 0 atom stereocenters. The summed E-state index contributed by atoms with van der Waals surface area (Å²) in [5.74, 6) is 2.03. The van der Waals surface area contributed by atoms with Crippen molar-refractivity contribution in [1.29, 1.82) is 0 Å². The van der Waals surface area contributed by atoms with E-state index in [0.29, 0.717) is 5.75 Å². The van der Waals surface area contributed by atoms with Gasteiger partial charge in [-0.05, 0) is 82.9 Å². The Morgan fingerprint density at radius 1 is 0.706 bits per heavy atom. The van der Waals surface area contributed by atoms with Crippen molar-refractivity contribution in [2.24, 2.45) is 9.98 Å². The van der Waals surface area contributed by atoms with E-state index < -0.39 is 0 Å². The van der Waals surface area contributed by atoms with Crippen LogP contribution in [0.5, 0.6) is 23.0 Å². The first-order chi connectivity index (χ1) is 16.7. The zero-order valence-corrected chi connectivity index (χ0v) is 18.5. The number of phenols is 1. The minimum absolute atomic E-state index is 0.105. The number of fused-ring (bicyclic) bond motifs is 1. The standard InChI is InChI=1S/C28H22N2O4/c1-32-27-14-19(2-12-25(27)31)16-29-23-8-4-21(5-9-23)22-6-10-24(11-7-22)30-17-20-3-13-26-28(15-20)34-18-33-26/h2-17,31H,18H2,1H3. The van der Waals surface area contributed by atoms with Gasteiger partial charge in [0, 0.05) is 12.4 Å². The normalized spacial score (nSPS) is 12.5. The third-order valence-corrected chi connectivity index (χ3v) is 5.39. The van der Waals surface area contributed by atoms with Crippen LogP contribution in [0.25, 0.3) is 11.1 Å². The van der Waals surface area contributed by atoms with E-state index in [4.69, 9.17) is 14.2 Å². The Bertz CT molecular complexity index is 1300. The average molecular weight is 450 g/mol. The first kappa shape index (κ1) is 21.3. The van der Waals surface area contributed by atoms with Crippen molar-refractivity contribution in [2.75, 3.05) is 13.9 Å². The molecule has 168 valence electrons. The van der Waals surface area contributed by atoms with E-state index in [2.05, 4.69) is 9.98 Å². The van der Waals surface area contributed by atoms with Crippen molar-refractivity contribution < 1.29 is 19.3 Å². The molecule has 1 aliphatic rings. The fourth-order valence-electron chi connectivity index (χ4n) is 3.55. The molecule has 4 aromatic carbocycles. The van der Waals surface area contributed by atoms with Gasteiger partial charge in [-0.1, -0.05) is 24.3 Å². The van der Waals surface area contributed by atoms with Crippen molar-refractivity contribution in [3.8, 4) is 34.1 Å². The number of methoxy groups -OCH3 is 1. The molecule has 0 radical (unpaired) electrons. The zero-order valence-electron chi connectivity index (χ0n) is 18.5. The van der Waals surface area contributed by atoms with E-state index in [9.17, 15) is 5.11 Å². The second-order valence-electron chi connectivity index (χ2n) is 7.65. The molecule has 0 unspecified atom stereocenters. The lowest BCUT2D eigenvalue weighted by atomic mass is 10.1. The van der Waals surface area contributed by atoms with Gasteiger partial charge in [0.2, 0.25) is 6.79 Å². The van der Waals surface area contributed by atoms with E-state index in [0.717, 1.165) is 45.1 Å². The summed E-state index contributed by atoms with van der Waals surface area (Å²) in [6.07, 6.45) is 3.55. The van der Waals surface area contributed by atoms with Gasteiger partial charge in [0.15, 0.2) is 23.0 Å². The van der Waals surface area contributed by atoms with Crippen LogP contribution in [0.3, 0.4) is 0 Å². The Morgan fingerprint density at radius 3 is 1.88 bits per heavy atom. The quantitative estimate of drug-likeness (QED) is 0.350. The maximum atomic E-state index is 9.70. The number of hydrogen-bond donors (Lipinski definition) is 1. The molecule has 0 fully saturated rings. The van der Waals surface area contributed by atoms with Gasteiger partial charge in [0.1, 0.15) is 0 Å². The molecule has 34 heavy (non-hydrogen) atoms. The molecule has 1 heterocycles. The van der Waals surface area contributed by atoms with Gasteiger partial charge in [-0.25, -0.2) is 0 Å². The minimum atomic E-state index is 0.105. The molecule has 0 spiro atoms. The summed E-state index contributed by atoms with van der Waals surface area (Å²) in [6, 6.07) is 27.0. The molecule has 0 bridgehead atoms. The first-order valence-corrected chi connectivity index (χ1v) is 10.7. The number of rotatable bonds is 6. The molecule has 5 rings (SSSR count). The van der Waals surface area contributed by atoms with Gasteiger partial charge in [-0.3, -0.25) is 9.98 Å². The zero-order chi connectivity index (χ0) is 23.3. The number of phenolic OH excluding ortho intramolecular Hbond substituents is 1. The highest BCUT2D eigenvalue weighted by Crippen LogP contribution is 2.32. The Hall–Kier alpha value is -4.58. The molecule has 0 saturated carbocycles. The maximum absolute atomic E-state index is 9.70. The van der Waals surface area contributed by atoms with Gasteiger partial charge in [-0.2, -0.15) is 0 Å². The van der Waals surface area contributed by atoms with Gasteiger partial charge in [0.05, 0.1) is 18.5 Å². The summed E-state index contributed by atoms with van der Waals surface area (Å²) in [5.41, 5.74) is 5.69. The van der Waals surface area contributed by atoms with E-state index in [1.165, 1.54) is 7.11 Å². The predicted molar refractivity (Wildman–Crippen MR) is 134 cm³/mol. The van der Waals surface area contributed by atoms with Crippen LogP contribution in [0.1, 0.15) is 11.1 Å². The van der Waals surface area contributed by atoms with Gasteiger partial charge >= 0.3 is 0 Å². The number of ether oxygens (including phenoxy) is 3. The Labute approximate surface area is 197 Å². The van der Waals surface area contributed by atoms with E-state index >= 15 is 0 Å². The number of hydrogen-bond acceptors (Lipinski definition) is 6. The Morgan fingerprint density at radius 2 is 1.26 bits per heavy atom. The molecular formula is C28H22N2O4. The molecule has 1 N–H and O–H groups in total. The van der Waals surface area contributed by atoms with Crippen LogP contribution in [-0.4, -0.2) is 31.4 Å². The average Bonchev–Trinajstić information content (AvgIpc) is 3.36. The van der Waals surface area contributed by atoms with Crippen LogP contribution in [0.4, 0.5) is 11.4 Å². The Balaban J connectivity index is 1.25. The molecule has 4 aromatic rings. The van der Waals surface area contributed by atoms with Crippen LogP contribution in [0, 0.1) is 0 Å². The van der Waals surface area contributed by atoms with Crippen molar-refractivity contribution in [3.63, 3.8) is 0 Å². The fraction of sp³-hybridized carbons (Fsp3) is 0.0714. The summed E-state index contributed by atoms with van der Waals surface area (Å²) in [6.45, 7) is 0.262. The second-order valence-corrected chi connectivity index (χ2v) is 7.65. The maximum Gasteiger partial charge on any atom is 0.231 e. The molecule has 6 nitrogen and oxygen atoms in total. The van der Waals surface area contributed by atoms with Gasteiger partial charge < -0.3 is 19.3 Å². The van der Waals surface area contributed by atoms with Crippen molar-refractivity contribution >= 4 is 23.8 Å². The van der Waals surface area contributed by atoms with Gasteiger partial charge in [0.25, 0.3) is 0 Å². The van der Waals surface area contributed by atoms with Crippen molar-refractivity contribution in [3.05, 3.63) is 96.1 Å². The molecule has 1 aliphatic heterocycles. The topological polar surface area (TPSA) is 72.6 Å². The largest absolute Gasteiger partial charge is 0.504 e. The van der Waals surface area contributed by atoms with Gasteiger partial charge in [-0.15, -0.1) is 0 Å². The summed E-state index contributed by atoms with van der Waals surface area (Å²) < 4.78 is 15.9. The van der Waals surface area contributed by atoms with Crippen molar-refractivity contribution in [2.45, 2.75) is 0 Å². The number of aliphatic imine (C=N–C) groups is 2. The fourth-order valence-corrected chi connectivity index (χ4v) is 3.55. The molecular weight excluding hydrogens is 428 g/mol. The highest BCUT2D eigenvalue weighted by atomic mass is 16.7. The summed E-state index contributed by atoms with van der Waals surface area (Å²) in [7, 11) is 1.52. The van der Waals surface area contributed by atoms with Crippen LogP contribution in [-0.2, 0) is 0 Å². The molecule has 6 heteroatoms. The smallest absolute Gasteiger partial charge is 0.231 e. The molecule has 0 amide bonds.